The average Bonchev–Trinajstić information content (AvgIpc) is 2.94. The number of pyridine rings is 1. The van der Waals surface area contributed by atoms with Crippen molar-refractivity contribution >= 4 is 0 Å². The van der Waals surface area contributed by atoms with Crippen LogP contribution >= 0.6 is 0 Å². The molecule has 21 heavy (non-hydrogen) atoms. The topological polar surface area (TPSA) is 55.6 Å². The number of fused-ring (bicyclic) bond motifs is 2. The van der Waals surface area contributed by atoms with Crippen molar-refractivity contribution < 1.29 is 0 Å². The van der Waals surface area contributed by atoms with Crippen molar-refractivity contribution in [3.8, 4) is 0 Å². The highest BCUT2D eigenvalue weighted by Crippen LogP contribution is 2.62. The Bertz CT molecular complexity index is 655. The molecule has 3 aliphatic rings. The van der Waals surface area contributed by atoms with Crippen LogP contribution in [0.1, 0.15) is 48.4 Å². The first-order valence-electron chi connectivity index (χ1n) is 8.00. The standard InChI is InChI=1S/C16H19N5/c1-4-11-12(5-1)13(11)15-19-20-16-14(18-7-8-21(15)16)10-3-2-6-17-9-10/h2-3,6,9,11-14,18H,1,4-5,7-8H2. The zero-order valence-corrected chi connectivity index (χ0v) is 11.9. The highest BCUT2D eigenvalue weighted by atomic mass is 15.3. The van der Waals surface area contributed by atoms with Crippen LogP contribution in [-0.2, 0) is 6.54 Å². The molecule has 1 N–H and O–H groups in total. The van der Waals surface area contributed by atoms with E-state index in [1.165, 1.54) is 30.7 Å². The Balaban J connectivity index is 1.52. The fraction of sp³-hybridized carbons (Fsp3) is 0.562. The van der Waals surface area contributed by atoms with Crippen molar-refractivity contribution in [2.24, 2.45) is 11.8 Å². The molecule has 5 rings (SSSR count). The van der Waals surface area contributed by atoms with E-state index in [1.807, 2.05) is 18.5 Å². The predicted molar refractivity (Wildman–Crippen MR) is 77.7 cm³/mol. The van der Waals surface area contributed by atoms with Gasteiger partial charge >= 0.3 is 0 Å². The molecule has 0 saturated heterocycles. The molecule has 2 aromatic heterocycles. The maximum absolute atomic E-state index is 4.57. The molecule has 1 aliphatic heterocycles. The third kappa shape index (κ3) is 1.70. The Morgan fingerprint density at radius 2 is 2.00 bits per heavy atom. The van der Waals surface area contributed by atoms with Crippen molar-refractivity contribution in [2.75, 3.05) is 6.54 Å². The van der Waals surface area contributed by atoms with Crippen LogP contribution in [0, 0.1) is 11.8 Å². The fourth-order valence-corrected chi connectivity index (χ4v) is 4.45. The molecule has 2 fully saturated rings. The van der Waals surface area contributed by atoms with E-state index in [9.17, 15) is 0 Å². The van der Waals surface area contributed by atoms with Crippen LogP contribution in [0.5, 0.6) is 0 Å². The van der Waals surface area contributed by atoms with Crippen molar-refractivity contribution in [2.45, 2.75) is 37.8 Å². The van der Waals surface area contributed by atoms with Gasteiger partial charge < -0.3 is 9.88 Å². The fourth-order valence-electron chi connectivity index (χ4n) is 4.45. The Hall–Kier alpha value is -1.75. The average molecular weight is 281 g/mol. The van der Waals surface area contributed by atoms with Crippen LogP contribution in [0.3, 0.4) is 0 Å². The maximum atomic E-state index is 4.57. The normalized spacial score (nSPS) is 33.5. The van der Waals surface area contributed by atoms with Gasteiger partial charge in [0.05, 0.1) is 6.04 Å². The first kappa shape index (κ1) is 11.9. The summed E-state index contributed by atoms with van der Waals surface area (Å²) in [4.78, 5) is 4.24. The first-order valence-corrected chi connectivity index (χ1v) is 8.00. The summed E-state index contributed by atoms with van der Waals surface area (Å²) in [6, 6.07) is 4.23. The van der Waals surface area contributed by atoms with E-state index >= 15 is 0 Å². The monoisotopic (exact) mass is 281 g/mol. The van der Waals surface area contributed by atoms with E-state index in [0.717, 1.165) is 30.7 Å². The van der Waals surface area contributed by atoms with Crippen molar-refractivity contribution in [3.05, 3.63) is 41.7 Å². The lowest BCUT2D eigenvalue weighted by Crippen LogP contribution is -2.35. The van der Waals surface area contributed by atoms with Gasteiger partial charge in [-0.2, -0.15) is 0 Å². The molecule has 0 radical (unpaired) electrons. The molecule has 3 heterocycles. The number of hydrogen-bond donors (Lipinski definition) is 1. The molecule has 2 aliphatic carbocycles. The van der Waals surface area contributed by atoms with Gasteiger partial charge in [0.1, 0.15) is 5.82 Å². The molecule has 5 heteroatoms. The minimum atomic E-state index is 0.132. The predicted octanol–water partition coefficient (Wildman–Crippen LogP) is 1.88. The first-order chi connectivity index (χ1) is 10.4. The smallest absolute Gasteiger partial charge is 0.154 e. The van der Waals surface area contributed by atoms with Gasteiger partial charge in [-0.3, -0.25) is 4.98 Å². The van der Waals surface area contributed by atoms with Gasteiger partial charge in [-0.05, 0) is 36.3 Å². The zero-order valence-electron chi connectivity index (χ0n) is 11.9. The van der Waals surface area contributed by atoms with Crippen LogP contribution in [0.4, 0.5) is 0 Å². The summed E-state index contributed by atoms with van der Waals surface area (Å²) in [5, 5.41) is 12.6. The van der Waals surface area contributed by atoms with Gasteiger partial charge in [-0.25, -0.2) is 0 Å². The van der Waals surface area contributed by atoms with Crippen molar-refractivity contribution in [1.29, 1.82) is 0 Å². The zero-order chi connectivity index (χ0) is 13.8. The highest BCUT2D eigenvalue weighted by Gasteiger charge is 2.55. The molecule has 3 atom stereocenters. The van der Waals surface area contributed by atoms with Crippen LogP contribution in [0.15, 0.2) is 24.5 Å². The summed E-state index contributed by atoms with van der Waals surface area (Å²) < 4.78 is 2.37. The van der Waals surface area contributed by atoms with Crippen LogP contribution in [0.2, 0.25) is 0 Å². The molecular weight excluding hydrogens is 262 g/mol. The summed E-state index contributed by atoms with van der Waals surface area (Å²) >= 11 is 0. The SMILES string of the molecule is c1cncc(C2NCCn3c2nnc3C2C3CCCC32)c1. The molecular formula is C16H19N5. The third-order valence-corrected chi connectivity index (χ3v) is 5.47. The highest BCUT2D eigenvalue weighted by molar-refractivity contribution is 5.26. The third-order valence-electron chi connectivity index (χ3n) is 5.47. The van der Waals surface area contributed by atoms with Gasteiger partial charge in [0.15, 0.2) is 5.82 Å². The van der Waals surface area contributed by atoms with Gasteiger partial charge in [0.2, 0.25) is 0 Å². The number of aromatic nitrogens is 4. The number of nitrogens with zero attached hydrogens (tertiary/aromatic N) is 4. The Morgan fingerprint density at radius 1 is 1.14 bits per heavy atom. The molecule has 5 nitrogen and oxygen atoms in total. The Labute approximate surface area is 123 Å². The number of rotatable bonds is 2. The number of hydrogen-bond acceptors (Lipinski definition) is 4. The van der Waals surface area contributed by atoms with E-state index in [-0.39, 0.29) is 6.04 Å². The summed E-state index contributed by atoms with van der Waals surface area (Å²) in [6.45, 7) is 1.96. The lowest BCUT2D eigenvalue weighted by molar-refractivity contribution is 0.442. The second kappa shape index (κ2) is 4.37. The second-order valence-corrected chi connectivity index (χ2v) is 6.53. The summed E-state index contributed by atoms with van der Waals surface area (Å²) in [6.07, 6.45) is 7.93. The van der Waals surface area contributed by atoms with Crippen LogP contribution < -0.4 is 5.32 Å². The lowest BCUT2D eigenvalue weighted by atomic mass is 10.1. The summed E-state index contributed by atoms with van der Waals surface area (Å²) in [7, 11) is 0. The molecule has 2 saturated carbocycles. The van der Waals surface area contributed by atoms with Crippen LogP contribution in [-0.4, -0.2) is 26.3 Å². The van der Waals surface area contributed by atoms with E-state index in [4.69, 9.17) is 0 Å². The van der Waals surface area contributed by atoms with Crippen molar-refractivity contribution in [1.82, 2.24) is 25.1 Å². The van der Waals surface area contributed by atoms with Gasteiger partial charge in [-0.1, -0.05) is 12.5 Å². The molecule has 0 amide bonds. The van der Waals surface area contributed by atoms with E-state index < -0.39 is 0 Å². The lowest BCUT2D eigenvalue weighted by Gasteiger charge is -2.25. The maximum Gasteiger partial charge on any atom is 0.154 e. The molecule has 0 bridgehead atoms. The van der Waals surface area contributed by atoms with E-state index in [2.05, 4.69) is 31.1 Å². The van der Waals surface area contributed by atoms with E-state index in [0.29, 0.717) is 5.92 Å². The van der Waals surface area contributed by atoms with Gasteiger partial charge in [0, 0.05) is 31.4 Å². The van der Waals surface area contributed by atoms with Gasteiger partial charge in [0.25, 0.3) is 0 Å². The molecule has 2 aromatic rings. The minimum Gasteiger partial charge on any atom is -0.312 e. The molecule has 108 valence electrons. The Kier molecular flexibility index (Phi) is 2.47. The quantitative estimate of drug-likeness (QED) is 0.913. The number of nitrogens with one attached hydrogen (secondary N) is 1. The Morgan fingerprint density at radius 3 is 2.81 bits per heavy atom. The van der Waals surface area contributed by atoms with Gasteiger partial charge in [-0.15, -0.1) is 10.2 Å². The molecule has 3 unspecified atom stereocenters. The second-order valence-electron chi connectivity index (χ2n) is 6.53. The van der Waals surface area contributed by atoms with Crippen LogP contribution in [0.25, 0.3) is 0 Å². The van der Waals surface area contributed by atoms with E-state index in [1.54, 1.807) is 0 Å². The molecule has 0 aromatic carbocycles. The minimum absolute atomic E-state index is 0.132. The van der Waals surface area contributed by atoms with Crippen molar-refractivity contribution in [3.63, 3.8) is 0 Å². The largest absolute Gasteiger partial charge is 0.312 e. The summed E-state index contributed by atoms with van der Waals surface area (Å²) in [5.74, 6) is 4.78. The molecule has 0 spiro atoms. The summed E-state index contributed by atoms with van der Waals surface area (Å²) in [5.41, 5.74) is 1.17.